The van der Waals surface area contributed by atoms with Crippen molar-refractivity contribution in [3.8, 4) is 11.8 Å². The first-order valence-electron chi connectivity index (χ1n) is 5.12. The van der Waals surface area contributed by atoms with Crippen molar-refractivity contribution in [3.63, 3.8) is 0 Å². The molecule has 0 aliphatic rings. The van der Waals surface area contributed by atoms with Gasteiger partial charge in [-0.05, 0) is 17.7 Å². The molecule has 0 atom stereocenters. The predicted molar refractivity (Wildman–Crippen MR) is 66.8 cm³/mol. The lowest BCUT2D eigenvalue weighted by Crippen LogP contribution is -1.95. The molecule has 2 rings (SSSR count). The van der Waals surface area contributed by atoms with Gasteiger partial charge in [0, 0.05) is 11.4 Å². The highest BCUT2D eigenvalue weighted by atomic mass is 32.1. The second-order valence-corrected chi connectivity index (χ2v) is 4.46. The standard InChI is InChI=1S/C13H9NO3S/c14-6-9-2-1-3-10(4-9)7-17-11-5-12(13(15)16)18-8-11/h1-5,8H,7H2,(H,15,16). The van der Waals surface area contributed by atoms with Gasteiger partial charge in [-0.15, -0.1) is 11.3 Å². The zero-order valence-electron chi connectivity index (χ0n) is 9.29. The third-order valence-electron chi connectivity index (χ3n) is 2.25. The number of carboxylic acid groups (broad SMARTS) is 1. The minimum absolute atomic E-state index is 0.246. The van der Waals surface area contributed by atoms with E-state index in [2.05, 4.69) is 6.07 Å². The van der Waals surface area contributed by atoms with Gasteiger partial charge >= 0.3 is 5.97 Å². The Bertz CT molecular complexity index is 613. The highest BCUT2D eigenvalue weighted by Gasteiger charge is 2.07. The summed E-state index contributed by atoms with van der Waals surface area (Å²) in [5.74, 6) is -0.430. The number of ether oxygens (including phenoxy) is 1. The van der Waals surface area contributed by atoms with Crippen molar-refractivity contribution in [2.24, 2.45) is 0 Å². The Morgan fingerprint density at radius 3 is 2.94 bits per heavy atom. The Hall–Kier alpha value is -2.32. The SMILES string of the molecule is N#Cc1cccc(COc2csc(C(=O)O)c2)c1. The molecule has 0 unspecified atom stereocenters. The number of rotatable bonds is 4. The van der Waals surface area contributed by atoms with Crippen LogP contribution < -0.4 is 4.74 Å². The van der Waals surface area contributed by atoms with Crippen LogP contribution in [-0.4, -0.2) is 11.1 Å². The van der Waals surface area contributed by atoms with Crippen LogP contribution in [0.1, 0.15) is 20.8 Å². The quantitative estimate of drug-likeness (QED) is 0.916. The van der Waals surface area contributed by atoms with Gasteiger partial charge < -0.3 is 9.84 Å². The average molecular weight is 259 g/mol. The Balaban J connectivity index is 2.02. The molecule has 0 aliphatic carbocycles. The van der Waals surface area contributed by atoms with Crippen LogP contribution in [0.15, 0.2) is 35.7 Å². The van der Waals surface area contributed by atoms with E-state index in [1.54, 1.807) is 23.6 Å². The summed E-state index contributed by atoms with van der Waals surface area (Å²) in [6, 6.07) is 10.6. The van der Waals surface area contributed by atoms with Crippen molar-refractivity contribution >= 4 is 17.3 Å². The van der Waals surface area contributed by atoms with E-state index in [1.165, 1.54) is 6.07 Å². The third-order valence-corrected chi connectivity index (χ3v) is 3.14. The van der Waals surface area contributed by atoms with Crippen molar-refractivity contribution in [2.45, 2.75) is 6.61 Å². The number of hydrogen-bond donors (Lipinski definition) is 1. The van der Waals surface area contributed by atoms with Crippen LogP contribution in [-0.2, 0) is 6.61 Å². The molecule has 1 heterocycles. The van der Waals surface area contributed by atoms with Crippen molar-refractivity contribution in [1.82, 2.24) is 0 Å². The molecule has 0 saturated heterocycles. The molecule has 18 heavy (non-hydrogen) atoms. The zero-order chi connectivity index (χ0) is 13.0. The Morgan fingerprint density at radius 2 is 2.28 bits per heavy atom. The van der Waals surface area contributed by atoms with E-state index in [4.69, 9.17) is 15.1 Å². The summed E-state index contributed by atoms with van der Waals surface area (Å²) in [6.07, 6.45) is 0. The van der Waals surface area contributed by atoms with Gasteiger partial charge in [0.05, 0.1) is 11.6 Å². The molecule has 2 aromatic rings. The fraction of sp³-hybridized carbons (Fsp3) is 0.0769. The molecule has 4 nitrogen and oxygen atoms in total. The van der Waals surface area contributed by atoms with Crippen LogP contribution >= 0.6 is 11.3 Å². The molecule has 0 radical (unpaired) electrons. The van der Waals surface area contributed by atoms with Gasteiger partial charge in [-0.2, -0.15) is 5.26 Å². The maximum absolute atomic E-state index is 10.7. The predicted octanol–water partition coefficient (Wildman–Crippen LogP) is 2.90. The van der Waals surface area contributed by atoms with Crippen molar-refractivity contribution in [1.29, 1.82) is 5.26 Å². The van der Waals surface area contributed by atoms with E-state index in [-0.39, 0.29) is 4.88 Å². The summed E-state index contributed by atoms with van der Waals surface area (Å²) in [7, 11) is 0. The van der Waals surface area contributed by atoms with E-state index in [0.717, 1.165) is 16.9 Å². The summed E-state index contributed by atoms with van der Waals surface area (Å²) >= 11 is 1.12. The van der Waals surface area contributed by atoms with Crippen LogP contribution in [0.5, 0.6) is 5.75 Å². The summed E-state index contributed by atoms with van der Waals surface area (Å²) in [4.78, 5) is 10.9. The van der Waals surface area contributed by atoms with Crippen LogP contribution in [0, 0.1) is 11.3 Å². The highest BCUT2D eigenvalue weighted by Crippen LogP contribution is 2.22. The smallest absolute Gasteiger partial charge is 0.346 e. The topological polar surface area (TPSA) is 70.3 Å². The van der Waals surface area contributed by atoms with Gasteiger partial charge in [-0.3, -0.25) is 0 Å². The monoisotopic (exact) mass is 259 g/mol. The van der Waals surface area contributed by atoms with Crippen LogP contribution in [0.25, 0.3) is 0 Å². The van der Waals surface area contributed by atoms with Crippen molar-refractivity contribution < 1.29 is 14.6 Å². The molecule has 90 valence electrons. The summed E-state index contributed by atoms with van der Waals surface area (Å²) in [5.41, 5.74) is 1.45. The van der Waals surface area contributed by atoms with Crippen molar-refractivity contribution in [3.05, 3.63) is 51.7 Å². The Kier molecular flexibility index (Phi) is 3.60. The molecule has 5 heteroatoms. The van der Waals surface area contributed by atoms with E-state index in [1.807, 2.05) is 6.07 Å². The molecule has 0 spiro atoms. The lowest BCUT2D eigenvalue weighted by Gasteiger charge is -2.03. The first-order valence-corrected chi connectivity index (χ1v) is 6.00. The molecule has 0 bridgehead atoms. The first kappa shape index (κ1) is 12.1. The maximum Gasteiger partial charge on any atom is 0.346 e. The van der Waals surface area contributed by atoms with Crippen molar-refractivity contribution in [2.75, 3.05) is 0 Å². The van der Waals surface area contributed by atoms with Gasteiger partial charge in [-0.1, -0.05) is 12.1 Å². The van der Waals surface area contributed by atoms with E-state index in [0.29, 0.717) is 17.9 Å². The minimum atomic E-state index is -0.957. The fourth-order valence-electron chi connectivity index (χ4n) is 1.40. The number of carboxylic acids is 1. The first-order chi connectivity index (χ1) is 8.69. The van der Waals surface area contributed by atoms with E-state index >= 15 is 0 Å². The molecule has 0 saturated carbocycles. The molecule has 0 aliphatic heterocycles. The number of aromatic carboxylic acids is 1. The number of benzene rings is 1. The molecule has 1 aromatic heterocycles. The molecule has 0 amide bonds. The number of thiophene rings is 1. The Labute approximate surface area is 108 Å². The van der Waals surface area contributed by atoms with E-state index in [9.17, 15) is 4.79 Å². The lowest BCUT2D eigenvalue weighted by molar-refractivity contribution is 0.0702. The van der Waals surface area contributed by atoms with Crippen LogP contribution in [0.2, 0.25) is 0 Å². The second kappa shape index (κ2) is 5.34. The van der Waals surface area contributed by atoms with Gasteiger partial charge in [0.2, 0.25) is 0 Å². The maximum atomic E-state index is 10.7. The van der Waals surface area contributed by atoms with Gasteiger partial charge in [-0.25, -0.2) is 4.79 Å². The number of hydrogen-bond acceptors (Lipinski definition) is 4. The van der Waals surface area contributed by atoms with E-state index < -0.39 is 5.97 Å². The molecular formula is C13H9NO3S. The Morgan fingerprint density at radius 1 is 1.44 bits per heavy atom. The molecule has 1 aromatic carbocycles. The second-order valence-electron chi connectivity index (χ2n) is 3.55. The lowest BCUT2D eigenvalue weighted by atomic mass is 10.1. The highest BCUT2D eigenvalue weighted by molar-refractivity contribution is 7.12. The van der Waals surface area contributed by atoms with Gasteiger partial charge in [0.1, 0.15) is 17.2 Å². The number of nitrogens with zero attached hydrogens (tertiary/aromatic N) is 1. The third kappa shape index (κ3) is 2.87. The number of carbonyl (C=O) groups is 1. The molecule has 1 N–H and O–H groups in total. The summed E-state index contributed by atoms with van der Waals surface area (Å²) < 4.78 is 5.46. The van der Waals surface area contributed by atoms with Crippen LogP contribution in [0.3, 0.4) is 0 Å². The minimum Gasteiger partial charge on any atom is -0.488 e. The molecule has 0 fully saturated rings. The number of nitriles is 1. The largest absolute Gasteiger partial charge is 0.488 e. The van der Waals surface area contributed by atoms with Gasteiger partial charge in [0.15, 0.2) is 0 Å². The van der Waals surface area contributed by atoms with Gasteiger partial charge in [0.25, 0.3) is 0 Å². The normalized spacial score (nSPS) is 9.72. The summed E-state index contributed by atoms with van der Waals surface area (Å²) in [5, 5.41) is 19.2. The molecular weight excluding hydrogens is 250 g/mol. The average Bonchev–Trinajstić information content (AvgIpc) is 2.85. The summed E-state index contributed by atoms with van der Waals surface area (Å²) in [6.45, 7) is 0.311. The van der Waals surface area contributed by atoms with Crippen LogP contribution in [0.4, 0.5) is 0 Å². The zero-order valence-corrected chi connectivity index (χ0v) is 10.1. The fourth-order valence-corrected chi connectivity index (χ4v) is 2.07.